The molecule has 0 amide bonds. The molecule has 0 aliphatic heterocycles. The Kier molecular flexibility index (Phi) is 4.81. The van der Waals surface area contributed by atoms with Gasteiger partial charge >= 0.3 is 0 Å². The zero-order valence-electron chi connectivity index (χ0n) is 13.5. The fourth-order valence-corrected chi connectivity index (χ4v) is 2.27. The van der Waals surface area contributed by atoms with Gasteiger partial charge in [0.25, 0.3) is 0 Å². The lowest BCUT2D eigenvalue weighted by Gasteiger charge is -2.05. The van der Waals surface area contributed by atoms with Gasteiger partial charge in [0.2, 0.25) is 5.95 Å². The first kappa shape index (κ1) is 15.7. The summed E-state index contributed by atoms with van der Waals surface area (Å²) in [4.78, 5) is 12.7. The number of benzene rings is 2. The van der Waals surface area contributed by atoms with Gasteiger partial charge in [-0.05, 0) is 29.7 Å². The van der Waals surface area contributed by atoms with E-state index in [1.807, 2.05) is 31.2 Å². The SMILES string of the molecule is Cc1ccnc(NC(N)=NCc2ccc(-c3ccccc3)cc2)n1. The smallest absolute Gasteiger partial charge is 0.229 e. The summed E-state index contributed by atoms with van der Waals surface area (Å²) < 4.78 is 0. The van der Waals surface area contributed by atoms with Gasteiger partial charge in [-0.1, -0.05) is 54.6 Å². The van der Waals surface area contributed by atoms with Crippen LogP contribution in [0.2, 0.25) is 0 Å². The molecule has 2 aromatic carbocycles. The van der Waals surface area contributed by atoms with Gasteiger partial charge in [0.15, 0.2) is 5.96 Å². The van der Waals surface area contributed by atoms with E-state index in [2.05, 4.69) is 56.7 Å². The van der Waals surface area contributed by atoms with Crippen LogP contribution in [0, 0.1) is 6.92 Å². The number of rotatable bonds is 4. The first-order chi connectivity index (χ1) is 11.7. The summed E-state index contributed by atoms with van der Waals surface area (Å²) >= 11 is 0. The highest BCUT2D eigenvalue weighted by molar-refractivity contribution is 5.90. The number of aromatic nitrogens is 2. The van der Waals surface area contributed by atoms with E-state index in [1.165, 1.54) is 11.1 Å². The molecule has 24 heavy (non-hydrogen) atoms. The van der Waals surface area contributed by atoms with Crippen molar-refractivity contribution < 1.29 is 0 Å². The Morgan fingerprint density at radius 3 is 2.42 bits per heavy atom. The lowest BCUT2D eigenvalue weighted by molar-refractivity contribution is 1.05. The maximum atomic E-state index is 5.88. The van der Waals surface area contributed by atoms with Gasteiger partial charge in [0, 0.05) is 11.9 Å². The molecule has 0 atom stereocenters. The van der Waals surface area contributed by atoms with Crippen molar-refractivity contribution in [2.45, 2.75) is 13.5 Å². The highest BCUT2D eigenvalue weighted by Gasteiger charge is 2.00. The van der Waals surface area contributed by atoms with E-state index >= 15 is 0 Å². The lowest BCUT2D eigenvalue weighted by atomic mass is 10.0. The van der Waals surface area contributed by atoms with Crippen LogP contribution in [0.3, 0.4) is 0 Å². The number of aryl methyl sites for hydroxylation is 1. The molecule has 0 saturated carbocycles. The van der Waals surface area contributed by atoms with E-state index in [0.29, 0.717) is 18.5 Å². The van der Waals surface area contributed by atoms with Crippen molar-refractivity contribution in [1.82, 2.24) is 9.97 Å². The quantitative estimate of drug-likeness (QED) is 0.571. The number of anilines is 1. The Hall–Kier alpha value is -3.21. The highest BCUT2D eigenvalue weighted by Crippen LogP contribution is 2.19. The van der Waals surface area contributed by atoms with Crippen molar-refractivity contribution in [2.75, 3.05) is 5.32 Å². The second-order valence-electron chi connectivity index (χ2n) is 5.41. The lowest BCUT2D eigenvalue weighted by Crippen LogP contribution is -2.24. The van der Waals surface area contributed by atoms with Crippen molar-refractivity contribution in [3.05, 3.63) is 78.1 Å². The van der Waals surface area contributed by atoms with Gasteiger partial charge in [0.05, 0.1) is 6.54 Å². The average molecular weight is 317 g/mol. The minimum Gasteiger partial charge on any atom is -0.370 e. The van der Waals surface area contributed by atoms with E-state index in [-0.39, 0.29) is 0 Å². The Bertz CT molecular complexity index is 826. The molecule has 1 heterocycles. The predicted molar refractivity (Wildman–Crippen MR) is 97.6 cm³/mol. The molecule has 5 heteroatoms. The minimum absolute atomic E-state index is 0.299. The van der Waals surface area contributed by atoms with Crippen molar-refractivity contribution >= 4 is 11.9 Å². The minimum atomic E-state index is 0.299. The fraction of sp³-hybridized carbons (Fsp3) is 0.105. The molecule has 3 aromatic rings. The van der Waals surface area contributed by atoms with Crippen LogP contribution in [0.25, 0.3) is 11.1 Å². The van der Waals surface area contributed by atoms with Crippen LogP contribution in [0.15, 0.2) is 71.9 Å². The van der Waals surface area contributed by atoms with Crippen molar-refractivity contribution in [2.24, 2.45) is 10.7 Å². The highest BCUT2D eigenvalue weighted by atomic mass is 15.2. The zero-order valence-corrected chi connectivity index (χ0v) is 13.5. The number of nitrogens with two attached hydrogens (primary N) is 1. The third-order valence-electron chi connectivity index (χ3n) is 3.53. The number of hydrogen-bond donors (Lipinski definition) is 2. The molecule has 0 saturated heterocycles. The maximum Gasteiger partial charge on any atom is 0.229 e. The summed E-state index contributed by atoms with van der Waals surface area (Å²) in [6, 6.07) is 20.4. The van der Waals surface area contributed by atoms with Gasteiger partial charge < -0.3 is 5.73 Å². The first-order valence-corrected chi connectivity index (χ1v) is 7.72. The standard InChI is InChI=1S/C19H19N5/c1-14-11-12-21-19(23-14)24-18(20)22-13-15-7-9-17(10-8-15)16-5-3-2-4-6-16/h2-12H,13H2,1H3,(H3,20,21,22,23,24). The summed E-state index contributed by atoms with van der Waals surface area (Å²) in [7, 11) is 0. The normalized spacial score (nSPS) is 11.3. The van der Waals surface area contributed by atoms with Crippen LogP contribution >= 0.6 is 0 Å². The van der Waals surface area contributed by atoms with Gasteiger partial charge in [-0.2, -0.15) is 0 Å². The van der Waals surface area contributed by atoms with Crippen LogP contribution in [0.5, 0.6) is 0 Å². The zero-order chi connectivity index (χ0) is 16.8. The van der Waals surface area contributed by atoms with Crippen LogP contribution in [0.1, 0.15) is 11.3 Å². The van der Waals surface area contributed by atoms with Gasteiger partial charge in [0.1, 0.15) is 0 Å². The van der Waals surface area contributed by atoms with Crippen LogP contribution < -0.4 is 11.1 Å². The fourth-order valence-electron chi connectivity index (χ4n) is 2.27. The molecule has 0 unspecified atom stereocenters. The van der Waals surface area contributed by atoms with Gasteiger partial charge in [-0.3, -0.25) is 5.32 Å². The number of nitrogens with one attached hydrogen (secondary N) is 1. The molecule has 3 N–H and O–H groups in total. The monoisotopic (exact) mass is 317 g/mol. The molecule has 0 spiro atoms. The molecule has 0 bridgehead atoms. The molecule has 1 aromatic heterocycles. The average Bonchev–Trinajstić information content (AvgIpc) is 2.61. The summed E-state index contributed by atoms with van der Waals surface area (Å²) in [6.45, 7) is 2.40. The molecule has 0 aliphatic carbocycles. The number of guanidine groups is 1. The third-order valence-corrected chi connectivity index (χ3v) is 3.53. The summed E-state index contributed by atoms with van der Waals surface area (Å²) in [5.74, 6) is 0.753. The van der Waals surface area contributed by atoms with Crippen LogP contribution in [-0.2, 0) is 6.54 Å². The second-order valence-corrected chi connectivity index (χ2v) is 5.41. The molecule has 120 valence electrons. The Balaban J connectivity index is 1.63. The predicted octanol–water partition coefficient (Wildman–Crippen LogP) is 3.38. The van der Waals surface area contributed by atoms with E-state index in [9.17, 15) is 0 Å². The largest absolute Gasteiger partial charge is 0.370 e. The van der Waals surface area contributed by atoms with E-state index in [4.69, 9.17) is 5.73 Å². The third kappa shape index (κ3) is 4.16. The molecule has 0 fully saturated rings. The first-order valence-electron chi connectivity index (χ1n) is 7.72. The second kappa shape index (κ2) is 7.37. The van der Waals surface area contributed by atoms with Crippen molar-refractivity contribution in [1.29, 1.82) is 0 Å². The number of aliphatic imine (C=N–C) groups is 1. The summed E-state index contributed by atoms with van der Waals surface area (Å²) in [5, 5.41) is 2.90. The van der Waals surface area contributed by atoms with E-state index in [1.54, 1.807) is 6.20 Å². The Labute approximate surface area is 141 Å². The number of nitrogens with zero attached hydrogens (tertiary/aromatic N) is 3. The summed E-state index contributed by atoms with van der Waals surface area (Å²) in [5.41, 5.74) is 10.2. The van der Waals surface area contributed by atoms with E-state index < -0.39 is 0 Å². The summed E-state index contributed by atoms with van der Waals surface area (Å²) in [6.07, 6.45) is 1.68. The Morgan fingerprint density at radius 1 is 1.00 bits per heavy atom. The van der Waals surface area contributed by atoms with E-state index in [0.717, 1.165) is 11.3 Å². The van der Waals surface area contributed by atoms with Crippen molar-refractivity contribution in [3.8, 4) is 11.1 Å². The maximum absolute atomic E-state index is 5.88. The van der Waals surface area contributed by atoms with Crippen LogP contribution in [-0.4, -0.2) is 15.9 Å². The molecular formula is C19H19N5. The Morgan fingerprint density at radius 2 is 1.71 bits per heavy atom. The topological polar surface area (TPSA) is 76.2 Å². The molecular weight excluding hydrogens is 298 g/mol. The van der Waals surface area contributed by atoms with Gasteiger partial charge in [-0.15, -0.1) is 0 Å². The molecule has 5 nitrogen and oxygen atoms in total. The van der Waals surface area contributed by atoms with Crippen molar-refractivity contribution in [3.63, 3.8) is 0 Å². The number of hydrogen-bond acceptors (Lipinski definition) is 3. The van der Waals surface area contributed by atoms with Gasteiger partial charge in [-0.25, -0.2) is 15.0 Å². The molecule has 0 aliphatic rings. The molecule has 0 radical (unpaired) electrons. The molecule has 3 rings (SSSR count). The van der Waals surface area contributed by atoms with Crippen LogP contribution in [0.4, 0.5) is 5.95 Å².